The minimum Gasteiger partial charge on any atom is -0.219 e. The molecule has 1 aromatic carbocycles. The van der Waals surface area contributed by atoms with Gasteiger partial charge in [0, 0.05) is 15.4 Å². The van der Waals surface area contributed by atoms with Crippen molar-refractivity contribution in [2.45, 2.75) is 4.90 Å². The highest BCUT2D eigenvalue weighted by molar-refractivity contribution is 9.10. The van der Waals surface area contributed by atoms with Gasteiger partial charge in [-0.2, -0.15) is 0 Å². The zero-order valence-electron chi connectivity index (χ0n) is 6.29. The van der Waals surface area contributed by atoms with E-state index >= 15 is 0 Å². The van der Waals surface area contributed by atoms with Crippen LogP contribution in [0, 0.1) is 0 Å². The van der Waals surface area contributed by atoms with Gasteiger partial charge in [0.15, 0.2) is 0 Å². The number of hydrogen-bond acceptors (Lipinski definition) is 2. The summed E-state index contributed by atoms with van der Waals surface area (Å²) < 4.78 is 23.6. The Kier molecular flexibility index (Phi) is 2.02. The summed E-state index contributed by atoms with van der Waals surface area (Å²) in [6.07, 6.45) is 1.54. The van der Waals surface area contributed by atoms with Crippen LogP contribution in [0.1, 0.15) is 5.56 Å². The van der Waals surface area contributed by atoms with E-state index in [1.54, 1.807) is 18.2 Å². The van der Waals surface area contributed by atoms with Gasteiger partial charge in [0.1, 0.15) is 0 Å². The molecule has 1 heterocycles. The lowest BCUT2D eigenvalue weighted by Crippen LogP contribution is -1.94. The number of sulfone groups is 1. The molecule has 0 saturated heterocycles. The molecule has 68 valence electrons. The number of halogens is 2. The fraction of sp³-hybridized carbons (Fsp3) is 0. The van der Waals surface area contributed by atoms with Gasteiger partial charge in [-0.15, -0.1) is 0 Å². The fourth-order valence-corrected chi connectivity index (χ4v) is 3.58. The Labute approximate surface area is 89.3 Å². The molecule has 0 bridgehead atoms. The summed E-state index contributed by atoms with van der Waals surface area (Å²) in [5.41, 5.74) is 0.632. The predicted molar refractivity (Wildman–Crippen MR) is 55.4 cm³/mol. The van der Waals surface area contributed by atoms with Gasteiger partial charge in [-0.05, 0) is 18.2 Å². The summed E-state index contributed by atoms with van der Waals surface area (Å²) >= 11 is 9.04. The Morgan fingerprint density at radius 2 is 2.00 bits per heavy atom. The summed E-state index contributed by atoms with van der Waals surface area (Å²) in [5, 5.41) is 1.43. The second-order valence-corrected chi connectivity index (χ2v) is 5.65. The van der Waals surface area contributed by atoms with E-state index in [9.17, 15) is 8.42 Å². The molecule has 0 radical (unpaired) electrons. The molecule has 1 aliphatic rings. The van der Waals surface area contributed by atoms with Gasteiger partial charge >= 0.3 is 0 Å². The van der Waals surface area contributed by atoms with Crippen LogP contribution >= 0.6 is 27.5 Å². The third-order valence-corrected chi connectivity index (χ3v) is 4.41. The van der Waals surface area contributed by atoms with Crippen LogP contribution in [-0.4, -0.2) is 8.42 Å². The molecule has 0 saturated carbocycles. The SMILES string of the molecule is O=S1(=O)C=Cc2c(Br)ccc(Cl)c21. The van der Waals surface area contributed by atoms with Crippen molar-refractivity contribution in [1.29, 1.82) is 0 Å². The highest BCUT2D eigenvalue weighted by Gasteiger charge is 2.25. The smallest absolute Gasteiger partial charge is 0.201 e. The minimum absolute atomic E-state index is 0.198. The Morgan fingerprint density at radius 3 is 2.62 bits per heavy atom. The van der Waals surface area contributed by atoms with Crippen molar-refractivity contribution in [3.63, 3.8) is 0 Å². The largest absolute Gasteiger partial charge is 0.219 e. The number of benzene rings is 1. The maximum Gasteiger partial charge on any atom is 0.201 e. The third kappa shape index (κ3) is 1.33. The Hall–Kier alpha value is -0.320. The van der Waals surface area contributed by atoms with E-state index in [1.165, 1.54) is 0 Å². The first kappa shape index (κ1) is 9.24. The molecule has 2 rings (SSSR count). The average molecular weight is 280 g/mol. The topological polar surface area (TPSA) is 34.1 Å². The van der Waals surface area contributed by atoms with Crippen LogP contribution in [-0.2, 0) is 9.84 Å². The van der Waals surface area contributed by atoms with E-state index in [4.69, 9.17) is 11.6 Å². The molecule has 0 N–H and O–H groups in total. The number of rotatable bonds is 0. The molecule has 1 aromatic rings. The molecule has 0 amide bonds. The standard InChI is InChI=1S/C8H4BrClO2S/c9-6-1-2-7(10)8-5(6)3-4-13(8,11)12/h1-4H. The molecule has 0 aromatic heterocycles. The van der Waals surface area contributed by atoms with Crippen LogP contribution in [0.4, 0.5) is 0 Å². The second-order valence-electron chi connectivity index (χ2n) is 2.62. The number of fused-ring (bicyclic) bond motifs is 1. The molecule has 0 aliphatic carbocycles. The van der Waals surface area contributed by atoms with Gasteiger partial charge in [0.05, 0.1) is 9.92 Å². The maximum absolute atomic E-state index is 11.4. The monoisotopic (exact) mass is 278 g/mol. The van der Waals surface area contributed by atoms with Gasteiger partial charge in [0.25, 0.3) is 0 Å². The Balaban J connectivity index is 2.91. The van der Waals surface area contributed by atoms with E-state index < -0.39 is 9.84 Å². The van der Waals surface area contributed by atoms with Crippen molar-refractivity contribution in [3.8, 4) is 0 Å². The molecular weight excluding hydrogens is 276 g/mol. The Morgan fingerprint density at radius 1 is 1.31 bits per heavy atom. The van der Waals surface area contributed by atoms with Crippen molar-refractivity contribution in [2.24, 2.45) is 0 Å². The van der Waals surface area contributed by atoms with Gasteiger partial charge < -0.3 is 0 Å². The van der Waals surface area contributed by atoms with Crippen LogP contribution in [0.15, 0.2) is 26.9 Å². The summed E-state index contributed by atoms with van der Waals surface area (Å²) in [6, 6.07) is 3.29. The summed E-state index contributed by atoms with van der Waals surface area (Å²) in [7, 11) is -3.30. The van der Waals surface area contributed by atoms with E-state index in [2.05, 4.69) is 15.9 Å². The van der Waals surface area contributed by atoms with Crippen LogP contribution in [0.3, 0.4) is 0 Å². The van der Waals surface area contributed by atoms with Crippen molar-refractivity contribution >= 4 is 43.4 Å². The molecule has 5 heteroatoms. The average Bonchev–Trinajstić information content (AvgIpc) is 2.36. The summed E-state index contributed by atoms with van der Waals surface area (Å²) in [5.74, 6) is 0. The predicted octanol–water partition coefficient (Wildman–Crippen LogP) is 2.86. The summed E-state index contributed by atoms with van der Waals surface area (Å²) in [6.45, 7) is 0. The van der Waals surface area contributed by atoms with Crippen LogP contribution in [0.5, 0.6) is 0 Å². The zero-order valence-corrected chi connectivity index (χ0v) is 9.45. The molecule has 0 spiro atoms. The van der Waals surface area contributed by atoms with Gasteiger partial charge in [-0.3, -0.25) is 0 Å². The van der Waals surface area contributed by atoms with E-state index in [1.807, 2.05) is 0 Å². The molecule has 0 fully saturated rings. The van der Waals surface area contributed by atoms with E-state index in [0.29, 0.717) is 5.56 Å². The van der Waals surface area contributed by atoms with Crippen molar-refractivity contribution in [1.82, 2.24) is 0 Å². The second kappa shape index (κ2) is 2.83. The molecule has 1 aliphatic heterocycles. The van der Waals surface area contributed by atoms with Crippen LogP contribution in [0.2, 0.25) is 5.02 Å². The lowest BCUT2D eigenvalue weighted by atomic mass is 10.2. The molecular formula is C8H4BrClO2S. The fourth-order valence-electron chi connectivity index (χ4n) is 1.22. The van der Waals surface area contributed by atoms with Gasteiger partial charge in [-0.1, -0.05) is 27.5 Å². The third-order valence-electron chi connectivity index (χ3n) is 1.79. The minimum atomic E-state index is -3.30. The normalized spacial score (nSPS) is 17.4. The van der Waals surface area contributed by atoms with Crippen LogP contribution in [0.25, 0.3) is 6.08 Å². The molecule has 0 atom stereocenters. The zero-order chi connectivity index (χ0) is 9.64. The first-order valence-electron chi connectivity index (χ1n) is 3.43. The Bertz CT molecular complexity index is 505. The molecule has 13 heavy (non-hydrogen) atoms. The summed E-state index contributed by atoms with van der Waals surface area (Å²) in [4.78, 5) is 0.198. The first-order chi connectivity index (χ1) is 6.02. The lowest BCUT2D eigenvalue weighted by Gasteiger charge is -2.02. The highest BCUT2D eigenvalue weighted by atomic mass is 79.9. The van der Waals surface area contributed by atoms with Gasteiger partial charge in [-0.25, -0.2) is 8.42 Å². The molecule has 0 unspecified atom stereocenters. The molecule has 2 nitrogen and oxygen atoms in total. The van der Waals surface area contributed by atoms with E-state index in [-0.39, 0.29) is 9.92 Å². The lowest BCUT2D eigenvalue weighted by molar-refractivity contribution is 0.605. The van der Waals surface area contributed by atoms with Gasteiger partial charge in [0.2, 0.25) is 9.84 Å². The number of hydrogen-bond donors (Lipinski definition) is 0. The van der Waals surface area contributed by atoms with Crippen molar-refractivity contribution in [2.75, 3.05) is 0 Å². The van der Waals surface area contributed by atoms with Crippen molar-refractivity contribution < 1.29 is 8.42 Å². The van der Waals surface area contributed by atoms with Crippen molar-refractivity contribution in [3.05, 3.63) is 32.6 Å². The highest BCUT2D eigenvalue weighted by Crippen LogP contribution is 2.37. The quantitative estimate of drug-likeness (QED) is 0.732. The van der Waals surface area contributed by atoms with E-state index in [0.717, 1.165) is 9.88 Å². The first-order valence-corrected chi connectivity index (χ1v) is 6.15. The maximum atomic E-state index is 11.4. The van der Waals surface area contributed by atoms with Crippen LogP contribution < -0.4 is 0 Å².